The highest BCUT2D eigenvalue weighted by Gasteiger charge is 2.10. The number of aliphatic hydroxyl groups excluding tert-OH is 1. The standard InChI is InChI=1S/C13H10BrCl2NO2/c1-7-2-8(6-18)5-17-13(7)19-12-4-10(15)9(14)3-11(12)16/h2-5,18H,6H2,1H3. The summed E-state index contributed by atoms with van der Waals surface area (Å²) in [5, 5.41) is 9.97. The van der Waals surface area contributed by atoms with Gasteiger partial charge in [-0.25, -0.2) is 4.98 Å². The van der Waals surface area contributed by atoms with Crippen LogP contribution >= 0.6 is 39.1 Å². The molecule has 3 nitrogen and oxygen atoms in total. The fourth-order valence-corrected chi connectivity index (χ4v) is 2.33. The molecule has 0 saturated heterocycles. The maximum atomic E-state index is 9.03. The predicted molar refractivity (Wildman–Crippen MR) is 79.1 cm³/mol. The highest BCUT2D eigenvalue weighted by atomic mass is 79.9. The lowest BCUT2D eigenvalue weighted by Gasteiger charge is -2.10. The smallest absolute Gasteiger partial charge is 0.222 e. The first kappa shape index (κ1) is 14.6. The van der Waals surface area contributed by atoms with Gasteiger partial charge < -0.3 is 9.84 Å². The van der Waals surface area contributed by atoms with Crippen LogP contribution in [0.4, 0.5) is 0 Å². The molecule has 0 aliphatic heterocycles. The molecular weight excluding hydrogens is 353 g/mol. The summed E-state index contributed by atoms with van der Waals surface area (Å²) in [6.45, 7) is 1.79. The van der Waals surface area contributed by atoms with E-state index >= 15 is 0 Å². The first-order chi connectivity index (χ1) is 9.01. The molecule has 0 bridgehead atoms. The van der Waals surface area contributed by atoms with Crippen molar-refractivity contribution in [1.82, 2.24) is 4.98 Å². The summed E-state index contributed by atoms with van der Waals surface area (Å²) < 4.78 is 6.35. The zero-order valence-corrected chi connectivity index (χ0v) is 13.1. The number of rotatable bonds is 3. The number of halogens is 3. The number of aryl methyl sites for hydroxylation is 1. The lowest BCUT2D eigenvalue weighted by atomic mass is 10.2. The van der Waals surface area contributed by atoms with Crippen LogP contribution in [0.5, 0.6) is 11.6 Å². The largest absolute Gasteiger partial charge is 0.437 e. The molecule has 0 aliphatic carbocycles. The van der Waals surface area contributed by atoms with Crippen molar-refractivity contribution in [2.75, 3.05) is 0 Å². The van der Waals surface area contributed by atoms with Gasteiger partial charge in [-0.3, -0.25) is 0 Å². The molecule has 2 aromatic rings. The van der Waals surface area contributed by atoms with Gasteiger partial charge in [0.05, 0.1) is 16.7 Å². The van der Waals surface area contributed by atoms with Crippen LogP contribution in [0.25, 0.3) is 0 Å². The fraction of sp³-hybridized carbons (Fsp3) is 0.154. The van der Waals surface area contributed by atoms with Crippen LogP contribution in [0.2, 0.25) is 10.0 Å². The maximum absolute atomic E-state index is 9.03. The van der Waals surface area contributed by atoms with Gasteiger partial charge in [0.15, 0.2) is 0 Å². The Kier molecular flexibility index (Phi) is 4.68. The lowest BCUT2D eigenvalue weighted by molar-refractivity contribution is 0.281. The molecule has 1 N–H and O–H groups in total. The van der Waals surface area contributed by atoms with Gasteiger partial charge >= 0.3 is 0 Å². The normalized spacial score (nSPS) is 10.6. The number of aliphatic hydroxyl groups is 1. The summed E-state index contributed by atoms with van der Waals surface area (Å²) in [5.41, 5.74) is 1.53. The molecule has 1 aromatic carbocycles. The molecule has 100 valence electrons. The number of ether oxygens (including phenoxy) is 1. The van der Waals surface area contributed by atoms with Gasteiger partial charge in [-0.05, 0) is 40.5 Å². The Morgan fingerprint density at radius 3 is 2.63 bits per heavy atom. The van der Waals surface area contributed by atoms with E-state index in [0.717, 1.165) is 11.1 Å². The number of nitrogens with zero attached hydrogens (tertiary/aromatic N) is 1. The van der Waals surface area contributed by atoms with E-state index in [-0.39, 0.29) is 6.61 Å². The Morgan fingerprint density at radius 1 is 1.26 bits per heavy atom. The van der Waals surface area contributed by atoms with Gasteiger partial charge in [0.2, 0.25) is 5.88 Å². The minimum Gasteiger partial charge on any atom is -0.437 e. The number of hydrogen-bond donors (Lipinski definition) is 1. The van der Waals surface area contributed by atoms with Crippen LogP contribution < -0.4 is 4.74 Å². The van der Waals surface area contributed by atoms with Crippen LogP contribution in [-0.4, -0.2) is 10.1 Å². The summed E-state index contributed by atoms with van der Waals surface area (Å²) in [7, 11) is 0. The topological polar surface area (TPSA) is 42.4 Å². The second-order valence-corrected chi connectivity index (χ2v) is 5.59. The van der Waals surface area contributed by atoms with E-state index in [0.29, 0.717) is 26.1 Å². The first-order valence-electron chi connectivity index (χ1n) is 5.40. The van der Waals surface area contributed by atoms with Gasteiger partial charge in [-0.2, -0.15) is 0 Å². The summed E-state index contributed by atoms with van der Waals surface area (Å²) in [4.78, 5) is 4.14. The predicted octanol–water partition coefficient (Wildman–Crippen LogP) is 4.74. The molecule has 0 fully saturated rings. The molecule has 0 amide bonds. The molecule has 0 aliphatic rings. The summed E-state index contributed by atoms with van der Waals surface area (Å²) in [6, 6.07) is 5.09. The molecular formula is C13H10BrCl2NO2. The second kappa shape index (κ2) is 6.09. The highest BCUT2D eigenvalue weighted by Crippen LogP contribution is 2.36. The molecule has 19 heavy (non-hydrogen) atoms. The van der Waals surface area contributed by atoms with Crippen LogP contribution in [-0.2, 0) is 6.61 Å². The SMILES string of the molecule is Cc1cc(CO)cnc1Oc1cc(Cl)c(Br)cc1Cl. The van der Waals surface area contributed by atoms with E-state index in [2.05, 4.69) is 20.9 Å². The molecule has 0 spiro atoms. The molecule has 6 heteroatoms. The average molecular weight is 363 g/mol. The first-order valence-corrected chi connectivity index (χ1v) is 6.95. The number of aromatic nitrogens is 1. The fourth-order valence-electron chi connectivity index (χ4n) is 1.50. The van der Waals surface area contributed by atoms with Gasteiger partial charge in [0.1, 0.15) is 5.75 Å². The minimum absolute atomic E-state index is 0.0566. The van der Waals surface area contributed by atoms with Gasteiger partial charge in [0, 0.05) is 22.3 Å². The van der Waals surface area contributed by atoms with Crippen molar-refractivity contribution < 1.29 is 9.84 Å². The highest BCUT2D eigenvalue weighted by molar-refractivity contribution is 9.10. The summed E-state index contributed by atoms with van der Waals surface area (Å²) in [6.07, 6.45) is 1.55. The van der Waals surface area contributed by atoms with E-state index in [9.17, 15) is 0 Å². The average Bonchev–Trinajstić information content (AvgIpc) is 2.38. The Hall–Kier alpha value is -0.810. The van der Waals surface area contributed by atoms with Crippen LogP contribution in [0.3, 0.4) is 0 Å². The second-order valence-electron chi connectivity index (χ2n) is 3.92. The van der Waals surface area contributed by atoms with Crippen LogP contribution in [0.1, 0.15) is 11.1 Å². The third-order valence-corrected chi connectivity index (χ3v) is 3.94. The van der Waals surface area contributed by atoms with E-state index in [1.54, 1.807) is 24.4 Å². The minimum atomic E-state index is -0.0566. The van der Waals surface area contributed by atoms with E-state index in [1.807, 2.05) is 6.92 Å². The number of pyridine rings is 1. The molecule has 0 atom stereocenters. The molecule has 0 radical (unpaired) electrons. The van der Waals surface area contributed by atoms with E-state index < -0.39 is 0 Å². The van der Waals surface area contributed by atoms with Crippen molar-refractivity contribution >= 4 is 39.1 Å². The lowest BCUT2D eigenvalue weighted by Crippen LogP contribution is -1.94. The Labute approximate surface area is 129 Å². The zero-order chi connectivity index (χ0) is 14.0. The van der Waals surface area contributed by atoms with Crippen molar-refractivity contribution in [2.24, 2.45) is 0 Å². The third-order valence-electron chi connectivity index (χ3n) is 2.45. The number of hydrogen-bond acceptors (Lipinski definition) is 3. The van der Waals surface area contributed by atoms with E-state index in [4.69, 9.17) is 33.0 Å². The van der Waals surface area contributed by atoms with Crippen molar-refractivity contribution in [1.29, 1.82) is 0 Å². The third kappa shape index (κ3) is 3.39. The van der Waals surface area contributed by atoms with Gasteiger partial charge in [-0.1, -0.05) is 23.2 Å². The number of benzene rings is 1. The summed E-state index contributed by atoms with van der Waals surface area (Å²) in [5.74, 6) is 0.861. The zero-order valence-electron chi connectivity index (χ0n) is 9.95. The van der Waals surface area contributed by atoms with Gasteiger partial charge in [-0.15, -0.1) is 0 Å². The molecule has 2 rings (SSSR count). The monoisotopic (exact) mass is 361 g/mol. The Balaban J connectivity index is 2.33. The van der Waals surface area contributed by atoms with Crippen molar-refractivity contribution in [3.63, 3.8) is 0 Å². The van der Waals surface area contributed by atoms with Crippen molar-refractivity contribution in [2.45, 2.75) is 13.5 Å². The van der Waals surface area contributed by atoms with Crippen LogP contribution in [0, 0.1) is 6.92 Å². The van der Waals surface area contributed by atoms with Crippen LogP contribution in [0.15, 0.2) is 28.9 Å². The molecule has 0 saturated carbocycles. The molecule has 1 heterocycles. The molecule has 1 aromatic heterocycles. The van der Waals surface area contributed by atoms with Crippen molar-refractivity contribution in [3.05, 3.63) is 50.0 Å². The summed E-state index contributed by atoms with van der Waals surface area (Å²) >= 11 is 15.4. The van der Waals surface area contributed by atoms with Gasteiger partial charge in [0.25, 0.3) is 0 Å². The Morgan fingerprint density at radius 2 is 2.00 bits per heavy atom. The quantitative estimate of drug-likeness (QED) is 0.801. The molecule has 0 unspecified atom stereocenters. The Bertz CT molecular complexity index is 620. The maximum Gasteiger partial charge on any atom is 0.222 e. The van der Waals surface area contributed by atoms with E-state index in [1.165, 1.54) is 0 Å². The van der Waals surface area contributed by atoms with Crippen molar-refractivity contribution in [3.8, 4) is 11.6 Å².